The van der Waals surface area contributed by atoms with E-state index in [1.165, 1.54) is 0 Å². The summed E-state index contributed by atoms with van der Waals surface area (Å²) >= 11 is 5.86. The Hall–Kier alpha value is -2.93. The lowest BCUT2D eigenvalue weighted by molar-refractivity contribution is 0.208. The average molecular weight is 373 g/mol. The minimum atomic E-state index is -0.464. The van der Waals surface area contributed by atoms with Gasteiger partial charge < -0.3 is 19.5 Å². The third kappa shape index (κ3) is 3.25. The van der Waals surface area contributed by atoms with Crippen LogP contribution in [0.1, 0.15) is 0 Å². The molecule has 0 aliphatic carbocycles. The molecule has 1 aromatic heterocycles. The van der Waals surface area contributed by atoms with Gasteiger partial charge in [0.1, 0.15) is 0 Å². The molecular formula is C18H17ClN4O3. The number of anilines is 2. The molecule has 0 bridgehead atoms. The summed E-state index contributed by atoms with van der Waals surface area (Å²) in [6.07, 6.45) is 0. The first kappa shape index (κ1) is 16.5. The standard InChI is InChI=1S/C18H17ClN4O3/c19-12-4-6-13(7-5-12)20-17(24)23-10-8-22(9-11-23)15-3-1-2-14-16(15)26-18(25)21-14/h1-7H,8-11H2,(H,20,24)(H,21,25). The van der Waals surface area contributed by atoms with Crippen molar-refractivity contribution in [2.75, 3.05) is 36.4 Å². The van der Waals surface area contributed by atoms with E-state index in [9.17, 15) is 9.59 Å². The first-order valence-electron chi connectivity index (χ1n) is 8.28. The van der Waals surface area contributed by atoms with Crippen LogP contribution in [0.4, 0.5) is 16.2 Å². The van der Waals surface area contributed by atoms with Crippen molar-refractivity contribution in [3.63, 3.8) is 0 Å². The van der Waals surface area contributed by atoms with Gasteiger partial charge in [-0.15, -0.1) is 0 Å². The summed E-state index contributed by atoms with van der Waals surface area (Å²) in [5, 5.41) is 3.50. The number of urea groups is 1. The number of hydrogen-bond donors (Lipinski definition) is 2. The number of halogens is 1. The highest BCUT2D eigenvalue weighted by molar-refractivity contribution is 6.30. The molecule has 0 saturated carbocycles. The van der Waals surface area contributed by atoms with Gasteiger partial charge in [-0.05, 0) is 36.4 Å². The lowest BCUT2D eigenvalue weighted by atomic mass is 10.2. The minimum Gasteiger partial charge on any atom is -0.406 e. The van der Waals surface area contributed by atoms with Crippen LogP contribution in [-0.2, 0) is 0 Å². The zero-order valence-corrected chi connectivity index (χ0v) is 14.6. The molecule has 134 valence electrons. The fourth-order valence-electron chi connectivity index (χ4n) is 3.09. The van der Waals surface area contributed by atoms with Crippen LogP contribution in [0, 0.1) is 0 Å². The van der Waals surface area contributed by atoms with Crippen molar-refractivity contribution < 1.29 is 9.21 Å². The van der Waals surface area contributed by atoms with Gasteiger partial charge in [-0.3, -0.25) is 4.98 Å². The van der Waals surface area contributed by atoms with Crippen molar-refractivity contribution in [3.8, 4) is 0 Å². The number of para-hydroxylation sites is 1. The Labute approximate surface area is 154 Å². The van der Waals surface area contributed by atoms with Crippen LogP contribution in [0.25, 0.3) is 11.1 Å². The van der Waals surface area contributed by atoms with Crippen LogP contribution in [0.2, 0.25) is 5.02 Å². The van der Waals surface area contributed by atoms with Crippen molar-refractivity contribution in [2.45, 2.75) is 0 Å². The summed E-state index contributed by atoms with van der Waals surface area (Å²) < 4.78 is 5.26. The smallest absolute Gasteiger partial charge is 0.406 e. The number of nitrogens with one attached hydrogen (secondary N) is 2. The molecule has 2 heterocycles. The zero-order chi connectivity index (χ0) is 18.1. The number of amides is 2. The predicted octanol–water partition coefficient (Wildman–Crippen LogP) is 3.13. The largest absolute Gasteiger partial charge is 0.417 e. The van der Waals surface area contributed by atoms with E-state index >= 15 is 0 Å². The molecule has 1 aliphatic heterocycles. The zero-order valence-electron chi connectivity index (χ0n) is 13.9. The van der Waals surface area contributed by atoms with E-state index in [1.807, 2.05) is 12.1 Å². The summed E-state index contributed by atoms with van der Waals surface area (Å²) in [4.78, 5) is 30.4. The molecule has 0 spiro atoms. The number of carbonyl (C=O) groups is 1. The quantitative estimate of drug-likeness (QED) is 0.724. The van der Waals surface area contributed by atoms with Crippen LogP contribution >= 0.6 is 11.6 Å². The molecule has 1 aliphatic rings. The van der Waals surface area contributed by atoms with Crippen molar-refractivity contribution >= 4 is 40.1 Å². The maximum atomic E-state index is 12.4. The van der Waals surface area contributed by atoms with Crippen molar-refractivity contribution in [3.05, 3.63) is 58.0 Å². The molecule has 8 heteroatoms. The Kier molecular flexibility index (Phi) is 4.30. The van der Waals surface area contributed by atoms with Gasteiger partial charge in [-0.1, -0.05) is 17.7 Å². The number of aromatic amines is 1. The maximum Gasteiger partial charge on any atom is 0.417 e. The third-order valence-corrected chi connectivity index (χ3v) is 4.68. The average Bonchev–Trinajstić information content (AvgIpc) is 3.04. The molecule has 1 fully saturated rings. The second-order valence-electron chi connectivity index (χ2n) is 6.08. The Balaban J connectivity index is 1.42. The minimum absolute atomic E-state index is 0.140. The number of H-pyrrole nitrogens is 1. The van der Waals surface area contributed by atoms with Gasteiger partial charge in [0.2, 0.25) is 0 Å². The highest BCUT2D eigenvalue weighted by Crippen LogP contribution is 2.26. The fourth-order valence-corrected chi connectivity index (χ4v) is 3.22. The van der Waals surface area contributed by atoms with Crippen molar-refractivity contribution in [1.29, 1.82) is 0 Å². The lowest BCUT2D eigenvalue weighted by Crippen LogP contribution is -2.50. The van der Waals surface area contributed by atoms with E-state index in [1.54, 1.807) is 35.2 Å². The number of aromatic nitrogens is 1. The number of hydrogen-bond acceptors (Lipinski definition) is 4. The first-order valence-corrected chi connectivity index (χ1v) is 8.66. The normalized spacial score (nSPS) is 14.7. The van der Waals surface area contributed by atoms with Crippen LogP contribution in [-0.4, -0.2) is 42.1 Å². The topological polar surface area (TPSA) is 81.6 Å². The molecule has 7 nitrogen and oxygen atoms in total. The number of benzene rings is 2. The fraction of sp³-hybridized carbons (Fsp3) is 0.222. The second-order valence-corrected chi connectivity index (χ2v) is 6.52. The van der Waals surface area contributed by atoms with Crippen LogP contribution in [0.3, 0.4) is 0 Å². The van der Waals surface area contributed by atoms with Crippen LogP contribution < -0.4 is 16.0 Å². The number of nitrogens with zero attached hydrogens (tertiary/aromatic N) is 2. The molecule has 2 amide bonds. The summed E-state index contributed by atoms with van der Waals surface area (Å²) in [6.45, 7) is 2.46. The molecule has 0 unspecified atom stereocenters. The van der Waals surface area contributed by atoms with Crippen molar-refractivity contribution in [2.24, 2.45) is 0 Å². The molecule has 2 aromatic carbocycles. The maximum absolute atomic E-state index is 12.4. The van der Waals surface area contributed by atoms with E-state index in [4.69, 9.17) is 16.0 Å². The van der Waals surface area contributed by atoms with Gasteiger partial charge in [-0.2, -0.15) is 0 Å². The van der Waals surface area contributed by atoms with Gasteiger partial charge >= 0.3 is 11.8 Å². The summed E-state index contributed by atoms with van der Waals surface area (Å²) in [6, 6.07) is 12.5. The summed E-state index contributed by atoms with van der Waals surface area (Å²) in [7, 11) is 0. The Morgan fingerprint density at radius 2 is 1.81 bits per heavy atom. The highest BCUT2D eigenvalue weighted by Gasteiger charge is 2.23. The number of fused-ring (bicyclic) bond motifs is 1. The molecule has 2 N–H and O–H groups in total. The molecule has 0 atom stereocenters. The number of oxazole rings is 1. The van der Waals surface area contributed by atoms with Crippen LogP contribution in [0.5, 0.6) is 0 Å². The first-order chi connectivity index (χ1) is 12.6. The monoisotopic (exact) mass is 372 g/mol. The molecule has 3 aromatic rings. The van der Waals surface area contributed by atoms with E-state index < -0.39 is 5.76 Å². The van der Waals surface area contributed by atoms with Gasteiger partial charge in [0.15, 0.2) is 5.58 Å². The molecule has 1 saturated heterocycles. The lowest BCUT2D eigenvalue weighted by Gasteiger charge is -2.35. The van der Waals surface area contributed by atoms with E-state index in [-0.39, 0.29) is 6.03 Å². The predicted molar refractivity (Wildman–Crippen MR) is 101 cm³/mol. The van der Waals surface area contributed by atoms with Gasteiger partial charge in [0, 0.05) is 36.9 Å². The van der Waals surface area contributed by atoms with Crippen LogP contribution in [0.15, 0.2) is 51.7 Å². The Morgan fingerprint density at radius 3 is 2.54 bits per heavy atom. The number of piperazine rings is 1. The SMILES string of the molecule is O=C(Nc1ccc(Cl)cc1)N1CCN(c2cccc3[nH]c(=O)oc23)CC1. The number of carbonyl (C=O) groups excluding carboxylic acids is 1. The Bertz CT molecular complexity index is 988. The van der Waals surface area contributed by atoms with Gasteiger partial charge in [0.25, 0.3) is 0 Å². The van der Waals surface area contributed by atoms with E-state index in [2.05, 4.69) is 15.2 Å². The van der Waals surface area contributed by atoms with Gasteiger partial charge in [-0.25, -0.2) is 9.59 Å². The summed E-state index contributed by atoms with van der Waals surface area (Å²) in [5.41, 5.74) is 2.80. The number of rotatable bonds is 2. The summed E-state index contributed by atoms with van der Waals surface area (Å²) in [5.74, 6) is -0.464. The Morgan fingerprint density at radius 1 is 1.08 bits per heavy atom. The van der Waals surface area contributed by atoms with E-state index in [0.717, 1.165) is 5.69 Å². The van der Waals surface area contributed by atoms with Gasteiger partial charge in [0.05, 0.1) is 11.2 Å². The highest BCUT2D eigenvalue weighted by atomic mass is 35.5. The molecule has 4 rings (SSSR count). The molecule has 0 radical (unpaired) electrons. The molecule has 26 heavy (non-hydrogen) atoms. The third-order valence-electron chi connectivity index (χ3n) is 4.43. The van der Waals surface area contributed by atoms with Crippen molar-refractivity contribution in [1.82, 2.24) is 9.88 Å². The second kappa shape index (κ2) is 6.76. The molecular weight excluding hydrogens is 356 g/mol. The van der Waals surface area contributed by atoms with E-state index in [0.29, 0.717) is 48.0 Å².